The molecule has 7 nitrogen and oxygen atoms in total. The fraction of sp³-hybridized carbons (Fsp3) is 0.333. The smallest absolute Gasteiger partial charge is 0.224 e. The summed E-state index contributed by atoms with van der Waals surface area (Å²) in [5, 5.41) is 8.25. The van der Waals surface area contributed by atoms with Crippen LogP contribution in [0, 0.1) is 18.8 Å². The molecule has 188 valence electrons. The molecule has 1 saturated carbocycles. The van der Waals surface area contributed by atoms with Crippen LogP contribution in [0.3, 0.4) is 0 Å². The third kappa shape index (κ3) is 4.61. The normalized spacial score (nSPS) is 20.9. The van der Waals surface area contributed by atoms with Gasteiger partial charge < -0.3 is 10.2 Å². The Labute approximate surface area is 217 Å². The van der Waals surface area contributed by atoms with Crippen LogP contribution in [0.1, 0.15) is 49.6 Å². The van der Waals surface area contributed by atoms with E-state index in [0.717, 1.165) is 34.6 Å². The van der Waals surface area contributed by atoms with E-state index in [1.165, 1.54) is 18.4 Å². The van der Waals surface area contributed by atoms with Crippen LogP contribution in [-0.2, 0) is 11.3 Å². The van der Waals surface area contributed by atoms with E-state index in [0.29, 0.717) is 11.9 Å². The lowest BCUT2D eigenvalue weighted by Gasteiger charge is -2.45. The highest BCUT2D eigenvalue weighted by Crippen LogP contribution is 2.50. The van der Waals surface area contributed by atoms with Crippen molar-refractivity contribution in [2.45, 2.75) is 52.2 Å². The maximum Gasteiger partial charge on any atom is 0.224 e. The maximum absolute atomic E-state index is 13.0. The molecule has 2 aromatic heterocycles. The van der Waals surface area contributed by atoms with Crippen LogP contribution < -0.4 is 10.2 Å². The Morgan fingerprint density at radius 1 is 1.08 bits per heavy atom. The zero-order chi connectivity index (χ0) is 25.5. The van der Waals surface area contributed by atoms with Gasteiger partial charge in [0.05, 0.1) is 18.8 Å². The molecule has 7 heteroatoms. The van der Waals surface area contributed by atoms with Gasteiger partial charge >= 0.3 is 0 Å². The summed E-state index contributed by atoms with van der Waals surface area (Å²) in [6.45, 7) is 6.63. The van der Waals surface area contributed by atoms with Crippen molar-refractivity contribution < 1.29 is 4.79 Å². The second-order valence-corrected chi connectivity index (χ2v) is 10.4. The number of carbonyl (C=O) groups is 1. The molecule has 1 N–H and O–H groups in total. The number of fused-ring (bicyclic) bond motifs is 1. The lowest BCUT2D eigenvalue weighted by Crippen LogP contribution is -2.51. The molecule has 6 rings (SSSR count). The van der Waals surface area contributed by atoms with Crippen molar-refractivity contribution in [1.82, 2.24) is 19.7 Å². The van der Waals surface area contributed by atoms with Gasteiger partial charge in [-0.3, -0.25) is 9.48 Å². The average Bonchev–Trinajstić information content (AvgIpc) is 3.63. The number of nitrogens with zero attached hydrogens (tertiary/aromatic N) is 5. The summed E-state index contributed by atoms with van der Waals surface area (Å²) in [4.78, 5) is 24.1. The van der Waals surface area contributed by atoms with Gasteiger partial charge in [0.15, 0.2) is 0 Å². The summed E-state index contributed by atoms with van der Waals surface area (Å²) >= 11 is 0. The zero-order valence-electron chi connectivity index (χ0n) is 21.5. The molecule has 1 fully saturated rings. The van der Waals surface area contributed by atoms with Gasteiger partial charge in [-0.25, -0.2) is 9.97 Å². The predicted octanol–water partition coefficient (Wildman–Crippen LogP) is 5.63. The van der Waals surface area contributed by atoms with E-state index < -0.39 is 0 Å². The molecule has 0 spiro atoms. The molecule has 3 heterocycles. The fourth-order valence-electron chi connectivity index (χ4n) is 5.77. The van der Waals surface area contributed by atoms with Crippen LogP contribution in [0.2, 0.25) is 0 Å². The SMILES string of the molecule is CC(=O)N1c2ccc(-c3cnn(Cc4ccccc4)c3)cc2[C@H](Nc2nccc(C)n2)[C@@H](C)[C@@H]1C1CC1. The standard InChI is InChI=1S/C30H32N6O/c1-19-13-14-31-30(33-19)34-28-20(2)29(23-9-10-23)36(21(3)37)27-12-11-24(15-26(27)28)25-16-32-35(18-25)17-22-7-5-4-6-8-22/h4-8,11-16,18,20,23,28-29H,9-10,17H2,1-3H3,(H,31,33,34)/t20-,28-,29-/m1/s1. The molecule has 2 aliphatic rings. The van der Waals surface area contributed by atoms with Gasteiger partial charge in [0.1, 0.15) is 0 Å². The third-order valence-electron chi connectivity index (χ3n) is 7.66. The molecule has 4 aromatic rings. The van der Waals surface area contributed by atoms with E-state index in [9.17, 15) is 4.79 Å². The highest BCUT2D eigenvalue weighted by Gasteiger charge is 2.47. The van der Waals surface area contributed by atoms with E-state index in [1.807, 2.05) is 47.0 Å². The van der Waals surface area contributed by atoms with Gasteiger partial charge in [-0.05, 0) is 60.6 Å². The molecule has 1 amide bonds. The molecule has 2 aromatic carbocycles. The van der Waals surface area contributed by atoms with Gasteiger partial charge in [0.25, 0.3) is 0 Å². The summed E-state index contributed by atoms with van der Waals surface area (Å²) < 4.78 is 1.97. The summed E-state index contributed by atoms with van der Waals surface area (Å²) in [5.74, 6) is 1.45. The third-order valence-corrected chi connectivity index (χ3v) is 7.66. The first-order chi connectivity index (χ1) is 18.0. The maximum atomic E-state index is 13.0. The van der Waals surface area contributed by atoms with Crippen molar-refractivity contribution in [2.24, 2.45) is 11.8 Å². The lowest BCUT2D eigenvalue weighted by molar-refractivity contribution is -0.117. The first-order valence-corrected chi connectivity index (χ1v) is 13.0. The van der Waals surface area contributed by atoms with E-state index in [4.69, 9.17) is 0 Å². The summed E-state index contributed by atoms with van der Waals surface area (Å²) in [7, 11) is 0. The Kier molecular flexibility index (Phi) is 5.99. The van der Waals surface area contributed by atoms with E-state index in [2.05, 4.69) is 63.8 Å². The van der Waals surface area contributed by atoms with Crippen molar-refractivity contribution >= 4 is 17.5 Å². The minimum absolute atomic E-state index is 0.0164. The first kappa shape index (κ1) is 23.4. The number of benzene rings is 2. The molecule has 0 unspecified atom stereocenters. The van der Waals surface area contributed by atoms with Crippen molar-refractivity contribution in [1.29, 1.82) is 0 Å². The largest absolute Gasteiger partial charge is 0.347 e. The number of aryl methyl sites for hydroxylation is 1. The topological polar surface area (TPSA) is 75.9 Å². The molecule has 1 aliphatic heterocycles. The van der Waals surface area contributed by atoms with Crippen LogP contribution in [-0.4, -0.2) is 31.7 Å². The molecule has 37 heavy (non-hydrogen) atoms. The lowest BCUT2D eigenvalue weighted by atomic mass is 9.79. The summed E-state index contributed by atoms with van der Waals surface area (Å²) in [6.07, 6.45) is 8.12. The molecule has 1 aliphatic carbocycles. The van der Waals surface area contributed by atoms with Gasteiger partial charge in [-0.1, -0.05) is 43.3 Å². The van der Waals surface area contributed by atoms with E-state index >= 15 is 0 Å². The average molecular weight is 493 g/mol. The Morgan fingerprint density at radius 2 is 1.89 bits per heavy atom. The van der Waals surface area contributed by atoms with Crippen molar-refractivity contribution in [3.63, 3.8) is 0 Å². The quantitative estimate of drug-likeness (QED) is 0.377. The van der Waals surface area contributed by atoms with Crippen molar-refractivity contribution in [2.75, 3.05) is 10.2 Å². The van der Waals surface area contributed by atoms with Crippen LogP contribution >= 0.6 is 0 Å². The summed E-state index contributed by atoms with van der Waals surface area (Å²) in [5.41, 5.74) is 6.34. The number of amides is 1. The predicted molar refractivity (Wildman–Crippen MR) is 145 cm³/mol. The number of aromatic nitrogens is 4. The van der Waals surface area contributed by atoms with E-state index in [1.54, 1.807) is 13.1 Å². The van der Waals surface area contributed by atoms with Crippen LogP contribution in [0.15, 0.2) is 73.2 Å². The highest BCUT2D eigenvalue weighted by atomic mass is 16.2. The number of anilines is 2. The first-order valence-electron chi connectivity index (χ1n) is 13.0. The number of hydrogen-bond donors (Lipinski definition) is 1. The number of hydrogen-bond acceptors (Lipinski definition) is 5. The minimum atomic E-state index is -0.0164. The number of rotatable bonds is 6. The Bertz CT molecular complexity index is 1430. The molecule has 0 saturated heterocycles. The second-order valence-electron chi connectivity index (χ2n) is 10.4. The number of carbonyl (C=O) groups excluding carboxylic acids is 1. The summed E-state index contributed by atoms with van der Waals surface area (Å²) in [6, 6.07) is 18.8. The highest BCUT2D eigenvalue weighted by molar-refractivity contribution is 5.94. The zero-order valence-corrected chi connectivity index (χ0v) is 21.5. The van der Waals surface area contributed by atoms with Crippen LogP contribution in [0.4, 0.5) is 11.6 Å². The molecule has 0 radical (unpaired) electrons. The van der Waals surface area contributed by atoms with Gasteiger partial charge in [0.2, 0.25) is 11.9 Å². The van der Waals surface area contributed by atoms with Gasteiger partial charge in [-0.2, -0.15) is 5.10 Å². The van der Waals surface area contributed by atoms with Crippen molar-refractivity contribution in [3.05, 3.63) is 90.0 Å². The van der Waals surface area contributed by atoms with E-state index in [-0.39, 0.29) is 23.9 Å². The Balaban J connectivity index is 1.39. The van der Waals surface area contributed by atoms with Crippen LogP contribution in [0.25, 0.3) is 11.1 Å². The Hall–Kier alpha value is -4.00. The van der Waals surface area contributed by atoms with Crippen molar-refractivity contribution in [3.8, 4) is 11.1 Å². The fourth-order valence-corrected chi connectivity index (χ4v) is 5.77. The molecular formula is C30H32N6O. The monoisotopic (exact) mass is 492 g/mol. The Morgan fingerprint density at radius 3 is 2.62 bits per heavy atom. The minimum Gasteiger partial charge on any atom is -0.347 e. The molecular weight excluding hydrogens is 460 g/mol. The van der Waals surface area contributed by atoms with Gasteiger partial charge in [-0.15, -0.1) is 0 Å². The van der Waals surface area contributed by atoms with Gasteiger partial charge in [0, 0.05) is 48.2 Å². The second kappa shape index (κ2) is 9.47. The molecule has 0 bridgehead atoms. The van der Waals surface area contributed by atoms with Crippen LogP contribution in [0.5, 0.6) is 0 Å². The molecule has 3 atom stereocenters. The number of nitrogens with one attached hydrogen (secondary N) is 1.